The molecule has 0 saturated heterocycles. The van der Waals surface area contributed by atoms with Gasteiger partial charge in [-0.25, -0.2) is 4.79 Å². The molecule has 0 fully saturated rings. The molecule has 0 aliphatic heterocycles. The number of amides is 2. The van der Waals surface area contributed by atoms with Crippen LogP contribution in [0.5, 0.6) is 0 Å². The maximum absolute atomic E-state index is 12.3. The maximum Gasteiger partial charge on any atom is 0.416 e. The van der Waals surface area contributed by atoms with Crippen molar-refractivity contribution in [2.24, 2.45) is 0 Å². The molecule has 0 radical (unpaired) electrons. The van der Waals surface area contributed by atoms with Gasteiger partial charge in [0.2, 0.25) is 0 Å². The Hall–Kier alpha value is -1.72. The first-order chi connectivity index (χ1) is 8.93. The van der Waals surface area contributed by atoms with Crippen LogP contribution >= 0.6 is 0 Å². The SMILES string of the molecule is CCCCNC(=O)NCc1ccc(C(F)(F)F)cc1. The molecule has 1 aromatic carbocycles. The van der Waals surface area contributed by atoms with E-state index < -0.39 is 11.7 Å². The minimum Gasteiger partial charge on any atom is -0.338 e. The van der Waals surface area contributed by atoms with Gasteiger partial charge in [0, 0.05) is 13.1 Å². The molecule has 0 aliphatic rings. The monoisotopic (exact) mass is 274 g/mol. The zero-order valence-electron chi connectivity index (χ0n) is 10.7. The summed E-state index contributed by atoms with van der Waals surface area (Å²) in [6.45, 7) is 2.81. The molecule has 1 rings (SSSR count). The van der Waals surface area contributed by atoms with Crippen LogP contribution in [0.15, 0.2) is 24.3 Å². The second-order valence-corrected chi connectivity index (χ2v) is 4.16. The van der Waals surface area contributed by atoms with Gasteiger partial charge in [-0.05, 0) is 24.1 Å². The van der Waals surface area contributed by atoms with Crippen molar-refractivity contribution in [2.75, 3.05) is 6.54 Å². The van der Waals surface area contributed by atoms with Gasteiger partial charge in [-0.15, -0.1) is 0 Å². The zero-order valence-corrected chi connectivity index (χ0v) is 10.7. The van der Waals surface area contributed by atoms with Crippen LogP contribution < -0.4 is 10.6 Å². The van der Waals surface area contributed by atoms with Crippen molar-refractivity contribution < 1.29 is 18.0 Å². The first-order valence-electron chi connectivity index (χ1n) is 6.11. The van der Waals surface area contributed by atoms with Crippen LogP contribution in [0.2, 0.25) is 0 Å². The molecule has 0 unspecified atom stereocenters. The quantitative estimate of drug-likeness (QED) is 0.795. The lowest BCUT2D eigenvalue weighted by Crippen LogP contribution is -2.35. The number of benzene rings is 1. The van der Waals surface area contributed by atoms with E-state index in [1.165, 1.54) is 12.1 Å². The summed E-state index contributed by atoms with van der Waals surface area (Å²) >= 11 is 0. The molecule has 0 spiro atoms. The van der Waals surface area contributed by atoms with Crippen molar-refractivity contribution in [1.29, 1.82) is 0 Å². The van der Waals surface area contributed by atoms with E-state index in [9.17, 15) is 18.0 Å². The number of hydrogen-bond acceptors (Lipinski definition) is 1. The first-order valence-corrected chi connectivity index (χ1v) is 6.11. The van der Waals surface area contributed by atoms with Crippen LogP contribution in [0.1, 0.15) is 30.9 Å². The van der Waals surface area contributed by atoms with Crippen LogP contribution in [-0.4, -0.2) is 12.6 Å². The molecule has 0 atom stereocenters. The lowest BCUT2D eigenvalue weighted by molar-refractivity contribution is -0.137. The Morgan fingerprint density at radius 2 is 1.79 bits per heavy atom. The number of nitrogens with one attached hydrogen (secondary N) is 2. The molecule has 0 aromatic heterocycles. The number of urea groups is 1. The van der Waals surface area contributed by atoms with E-state index in [1.807, 2.05) is 6.92 Å². The van der Waals surface area contributed by atoms with E-state index in [-0.39, 0.29) is 12.6 Å². The summed E-state index contributed by atoms with van der Waals surface area (Å²) in [5.74, 6) is 0. The molecule has 0 heterocycles. The van der Waals surface area contributed by atoms with E-state index in [2.05, 4.69) is 10.6 Å². The van der Waals surface area contributed by atoms with Crippen molar-refractivity contribution in [2.45, 2.75) is 32.5 Å². The highest BCUT2D eigenvalue weighted by molar-refractivity contribution is 5.73. The van der Waals surface area contributed by atoms with E-state index in [4.69, 9.17) is 0 Å². The maximum atomic E-state index is 12.3. The smallest absolute Gasteiger partial charge is 0.338 e. The van der Waals surface area contributed by atoms with Gasteiger partial charge < -0.3 is 10.6 Å². The van der Waals surface area contributed by atoms with E-state index in [0.717, 1.165) is 25.0 Å². The minimum absolute atomic E-state index is 0.204. The fraction of sp³-hybridized carbons (Fsp3) is 0.462. The highest BCUT2D eigenvalue weighted by atomic mass is 19.4. The van der Waals surface area contributed by atoms with Crippen LogP contribution in [0, 0.1) is 0 Å². The van der Waals surface area contributed by atoms with Gasteiger partial charge in [0.05, 0.1) is 5.56 Å². The summed E-state index contributed by atoms with van der Waals surface area (Å²) in [5, 5.41) is 5.24. The first kappa shape index (κ1) is 15.3. The van der Waals surface area contributed by atoms with Gasteiger partial charge >= 0.3 is 12.2 Å². The van der Waals surface area contributed by atoms with E-state index >= 15 is 0 Å². The lowest BCUT2D eigenvalue weighted by Gasteiger charge is -2.09. The van der Waals surface area contributed by atoms with Crippen LogP contribution in [0.4, 0.5) is 18.0 Å². The molecular formula is C13H17F3N2O. The van der Waals surface area contributed by atoms with Crippen molar-refractivity contribution in [1.82, 2.24) is 10.6 Å². The molecule has 3 nitrogen and oxygen atoms in total. The van der Waals surface area contributed by atoms with Gasteiger partial charge in [-0.2, -0.15) is 13.2 Å². The van der Waals surface area contributed by atoms with Crippen molar-refractivity contribution >= 4 is 6.03 Å². The van der Waals surface area contributed by atoms with Gasteiger partial charge in [0.25, 0.3) is 0 Å². The second kappa shape index (κ2) is 7.01. The summed E-state index contributed by atoms with van der Waals surface area (Å²) in [6, 6.07) is 4.41. The molecular weight excluding hydrogens is 257 g/mol. The minimum atomic E-state index is -4.33. The van der Waals surface area contributed by atoms with Crippen molar-refractivity contribution in [3.05, 3.63) is 35.4 Å². The van der Waals surface area contributed by atoms with Gasteiger partial charge in [0.1, 0.15) is 0 Å². The number of halogens is 3. The number of carbonyl (C=O) groups excluding carboxylic acids is 1. The highest BCUT2D eigenvalue weighted by Crippen LogP contribution is 2.28. The normalized spacial score (nSPS) is 11.2. The molecule has 0 aliphatic carbocycles. The molecule has 2 amide bonds. The molecule has 1 aromatic rings. The summed E-state index contributed by atoms with van der Waals surface area (Å²) < 4.78 is 37.0. The number of alkyl halides is 3. The number of hydrogen-bond donors (Lipinski definition) is 2. The third kappa shape index (κ3) is 5.63. The Morgan fingerprint density at radius 1 is 1.16 bits per heavy atom. The van der Waals surface area contributed by atoms with Crippen LogP contribution in [0.25, 0.3) is 0 Å². The lowest BCUT2D eigenvalue weighted by atomic mass is 10.1. The van der Waals surface area contributed by atoms with Gasteiger partial charge in [0.15, 0.2) is 0 Å². The zero-order chi connectivity index (χ0) is 14.3. The topological polar surface area (TPSA) is 41.1 Å². The van der Waals surface area contributed by atoms with Crippen molar-refractivity contribution in [3.63, 3.8) is 0 Å². The standard InChI is InChI=1S/C13H17F3N2O/c1-2-3-8-17-12(19)18-9-10-4-6-11(7-5-10)13(14,15)16/h4-7H,2-3,8-9H2,1H3,(H2,17,18,19). The average molecular weight is 274 g/mol. The Morgan fingerprint density at radius 3 is 2.32 bits per heavy atom. The number of rotatable bonds is 5. The van der Waals surface area contributed by atoms with E-state index in [1.54, 1.807) is 0 Å². The molecule has 106 valence electrons. The highest BCUT2D eigenvalue weighted by Gasteiger charge is 2.29. The van der Waals surface area contributed by atoms with Crippen molar-refractivity contribution in [3.8, 4) is 0 Å². The molecule has 0 saturated carbocycles. The molecule has 2 N–H and O–H groups in total. The Kier molecular flexibility index (Phi) is 5.66. The summed E-state index contributed by atoms with van der Waals surface area (Å²) in [6.07, 6.45) is -2.45. The fourth-order valence-corrected chi connectivity index (χ4v) is 1.44. The average Bonchev–Trinajstić information content (AvgIpc) is 2.36. The predicted octanol–water partition coefficient (Wildman–Crippen LogP) is 3.30. The van der Waals surface area contributed by atoms with Gasteiger partial charge in [-0.3, -0.25) is 0 Å². The van der Waals surface area contributed by atoms with Crippen LogP contribution in [-0.2, 0) is 12.7 Å². The summed E-state index contributed by atoms with van der Waals surface area (Å²) in [7, 11) is 0. The predicted molar refractivity (Wildman–Crippen MR) is 66.6 cm³/mol. The summed E-state index contributed by atoms with van der Waals surface area (Å²) in [4.78, 5) is 11.3. The van der Waals surface area contributed by atoms with Crippen LogP contribution in [0.3, 0.4) is 0 Å². The molecule has 6 heteroatoms. The number of carbonyl (C=O) groups is 1. The fourth-order valence-electron chi connectivity index (χ4n) is 1.44. The number of unbranched alkanes of at least 4 members (excludes halogenated alkanes) is 1. The third-order valence-electron chi connectivity index (χ3n) is 2.55. The molecule has 0 bridgehead atoms. The second-order valence-electron chi connectivity index (χ2n) is 4.16. The third-order valence-corrected chi connectivity index (χ3v) is 2.55. The largest absolute Gasteiger partial charge is 0.416 e. The summed E-state index contributed by atoms with van der Waals surface area (Å²) in [5.41, 5.74) is -0.0673. The van der Waals surface area contributed by atoms with Gasteiger partial charge in [-0.1, -0.05) is 25.5 Å². The Balaban J connectivity index is 2.40. The molecule has 19 heavy (non-hydrogen) atoms. The van der Waals surface area contributed by atoms with E-state index in [0.29, 0.717) is 12.1 Å². The Labute approximate surface area is 110 Å². The Bertz CT molecular complexity index is 401.